The van der Waals surface area contributed by atoms with E-state index in [1.54, 1.807) is 0 Å². The molecule has 0 heterocycles. The number of halogens is 1. The molecule has 10 N–H and O–H groups in total. The maximum Gasteiger partial charge on any atom is 2.00 e. The first-order valence-electron chi connectivity index (χ1n) is 0.667. The fourth-order valence-corrected chi connectivity index (χ4v) is 0. The first-order chi connectivity index (χ1) is 2.00. The Hall–Kier alpha value is 1.67. The van der Waals surface area contributed by atoms with E-state index in [1.807, 2.05) is 0 Å². The second-order valence-electron chi connectivity index (χ2n) is 0.408. The molecule has 0 atom stereocenters. The minimum absolute atomic E-state index is 0. The van der Waals surface area contributed by atoms with E-state index in [9.17, 15) is 0 Å². The van der Waals surface area contributed by atoms with Crippen molar-refractivity contribution in [2.45, 2.75) is 0 Å². The molecule has 9 nitrogen and oxygen atoms in total. The molecular formula is H10BrCuNaO9S. The number of rotatable bonds is 0. The van der Waals surface area contributed by atoms with Gasteiger partial charge in [0.25, 0.3) is 0 Å². The average Bonchev–Trinajstić information content (AvgIpc) is 0.722. The van der Waals surface area contributed by atoms with Crippen molar-refractivity contribution >= 4 is 10.4 Å². The zero-order valence-electron chi connectivity index (χ0n) is 6.22. The topological polar surface area (TPSA) is 238 Å². The Morgan fingerprint density at radius 3 is 0.769 bits per heavy atom. The molecule has 0 fully saturated rings. The van der Waals surface area contributed by atoms with Gasteiger partial charge in [-0.1, -0.05) is 0 Å². The van der Waals surface area contributed by atoms with Crippen molar-refractivity contribution in [2.75, 3.05) is 0 Å². The molecule has 13 heteroatoms. The summed E-state index contributed by atoms with van der Waals surface area (Å²) in [7, 11) is -5.17. The van der Waals surface area contributed by atoms with E-state index in [0.717, 1.165) is 0 Å². The molecule has 0 saturated carbocycles. The van der Waals surface area contributed by atoms with E-state index in [0.29, 0.717) is 0 Å². The van der Waals surface area contributed by atoms with Gasteiger partial charge < -0.3 is 53.5 Å². The Kier molecular flexibility index (Phi) is 245. The first-order valence-corrected chi connectivity index (χ1v) is 2.00. The van der Waals surface area contributed by atoms with Crippen LogP contribution in [0.5, 0.6) is 0 Å². The molecule has 0 aromatic heterocycles. The van der Waals surface area contributed by atoms with Crippen LogP contribution in [0.4, 0.5) is 0 Å². The summed E-state index contributed by atoms with van der Waals surface area (Å²) < 4.78 is 34.1. The molecule has 0 aromatic rings. The van der Waals surface area contributed by atoms with Crippen LogP contribution in [0, 0.1) is 0 Å². The van der Waals surface area contributed by atoms with E-state index in [1.165, 1.54) is 0 Å². The van der Waals surface area contributed by atoms with Gasteiger partial charge in [0.2, 0.25) is 0 Å². The number of hydrogen-bond donors (Lipinski definition) is 0. The normalized spacial score (nSPS) is 4.46. The van der Waals surface area contributed by atoms with Gasteiger partial charge in [0.1, 0.15) is 0 Å². The molecule has 0 spiro atoms. The van der Waals surface area contributed by atoms with Crippen molar-refractivity contribution in [2.24, 2.45) is 0 Å². The van der Waals surface area contributed by atoms with Gasteiger partial charge in [0.05, 0.1) is 0 Å². The van der Waals surface area contributed by atoms with E-state index in [4.69, 9.17) is 17.5 Å². The van der Waals surface area contributed by atoms with Crippen LogP contribution in [-0.4, -0.2) is 44.9 Å². The van der Waals surface area contributed by atoms with Crippen molar-refractivity contribution in [1.82, 2.24) is 0 Å². The molecule has 0 aliphatic rings. The molecule has 1 radical (unpaired) electrons. The van der Waals surface area contributed by atoms with Crippen LogP contribution in [-0.2, 0) is 27.5 Å². The van der Waals surface area contributed by atoms with Crippen molar-refractivity contribution in [1.29, 1.82) is 0 Å². The Balaban J connectivity index is -0.00000000286. The fraction of sp³-hybridized carbons (Fsp3) is 0. The Morgan fingerprint density at radius 2 is 0.769 bits per heavy atom. The largest absolute Gasteiger partial charge is 2.00 e. The molecule has 0 aliphatic heterocycles. The van der Waals surface area contributed by atoms with Gasteiger partial charge >= 0.3 is 46.6 Å². The second kappa shape index (κ2) is 37.3. The molecular weight excluding hydrogens is 342 g/mol. The first kappa shape index (κ1) is 85.3. The van der Waals surface area contributed by atoms with Crippen LogP contribution in [0.3, 0.4) is 0 Å². The van der Waals surface area contributed by atoms with Gasteiger partial charge in [-0.05, 0) is 0 Å². The average molecular weight is 353 g/mol. The van der Waals surface area contributed by atoms with Crippen molar-refractivity contribution < 1.29 is 109 Å². The third-order valence-corrected chi connectivity index (χ3v) is 0. The second-order valence-corrected chi connectivity index (χ2v) is 1.22. The molecule has 0 rings (SSSR count). The molecule has 0 bridgehead atoms. The van der Waals surface area contributed by atoms with Crippen molar-refractivity contribution in [3.05, 3.63) is 0 Å². The van der Waals surface area contributed by atoms with E-state index >= 15 is 0 Å². The minimum Gasteiger partial charge on any atom is -1.00 e. The predicted molar refractivity (Wildman–Crippen MR) is 28.5 cm³/mol. The fourth-order valence-electron chi connectivity index (χ4n) is 0. The SMILES string of the molecule is O.O.O.O.O.O=S(=O)([O-])[O-].[Br-].[Cu+2].[Na+]. The standard InChI is InChI=1S/BrH.Cu.Na.H2O4S.5H2O/c;;;1-5(2,3)4;;;;;/h1H;;;(H2,1,2,3,4);5*1H2/q;+2;+1;;;;;;/p-3. The molecule has 0 saturated heterocycles. The van der Waals surface area contributed by atoms with E-state index < -0.39 is 10.4 Å². The zero-order valence-corrected chi connectivity index (χ0v) is 11.6. The third kappa shape index (κ3) is 668. The molecule has 0 aromatic carbocycles. The smallest absolute Gasteiger partial charge is 1.00 e. The molecule has 13 heavy (non-hydrogen) atoms. The van der Waals surface area contributed by atoms with Crippen molar-refractivity contribution in [3.8, 4) is 0 Å². The predicted octanol–water partition coefficient (Wildman–Crippen LogP) is -11.5. The summed E-state index contributed by atoms with van der Waals surface area (Å²) in [4.78, 5) is 0. The third-order valence-electron chi connectivity index (χ3n) is 0. The van der Waals surface area contributed by atoms with Crippen molar-refractivity contribution in [3.63, 3.8) is 0 Å². The molecule has 0 aliphatic carbocycles. The molecule has 0 amide bonds. The van der Waals surface area contributed by atoms with Gasteiger partial charge in [-0.3, -0.25) is 8.42 Å². The van der Waals surface area contributed by atoms with Gasteiger partial charge in [0.15, 0.2) is 0 Å². The van der Waals surface area contributed by atoms with E-state index in [-0.39, 0.29) is 91.0 Å². The van der Waals surface area contributed by atoms with Crippen LogP contribution >= 0.6 is 0 Å². The van der Waals surface area contributed by atoms with Gasteiger partial charge in [-0.25, -0.2) is 0 Å². The Labute approximate surface area is 118 Å². The van der Waals surface area contributed by atoms with Crippen LogP contribution in [0.25, 0.3) is 0 Å². The van der Waals surface area contributed by atoms with Gasteiger partial charge in [-0.2, -0.15) is 0 Å². The molecule has 0 unspecified atom stereocenters. The van der Waals surface area contributed by atoms with E-state index in [2.05, 4.69) is 0 Å². The summed E-state index contributed by atoms with van der Waals surface area (Å²) in [5, 5.41) is 0. The Bertz CT molecular complexity index is 103. The van der Waals surface area contributed by atoms with Crippen LogP contribution in [0.2, 0.25) is 0 Å². The van der Waals surface area contributed by atoms with Gasteiger partial charge in [0, 0.05) is 10.4 Å². The van der Waals surface area contributed by atoms with Crippen LogP contribution in [0.15, 0.2) is 0 Å². The maximum absolute atomic E-state index is 8.52. The summed E-state index contributed by atoms with van der Waals surface area (Å²) >= 11 is 0. The number of hydrogen-bond acceptors (Lipinski definition) is 4. The quantitative estimate of drug-likeness (QED) is 0.234. The van der Waals surface area contributed by atoms with Crippen LogP contribution in [0.1, 0.15) is 0 Å². The van der Waals surface area contributed by atoms with Gasteiger partial charge in [-0.15, -0.1) is 0 Å². The van der Waals surface area contributed by atoms with Crippen LogP contribution < -0.4 is 46.5 Å². The monoisotopic (exact) mass is 351 g/mol. The summed E-state index contributed by atoms with van der Waals surface area (Å²) in [6, 6.07) is 0. The minimum atomic E-state index is -5.17. The maximum atomic E-state index is 8.52. The molecule has 89 valence electrons. The zero-order chi connectivity index (χ0) is 4.50. The summed E-state index contributed by atoms with van der Waals surface area (Å²) in [5.74, 6) is 0. The summed E-state index contributed by atoms with van der Waals surface area (Å²) in [5.41, 5.74) is 0. The summed E-state index contributed by atoms with van der Waals surface area (Å²) in [6.45, 7) is 0. The Morgan fingerprint density at radius 1 is 0.769 bits per heavy atom. The summed E-state index contributed by atoms with van der Waals surface area (Å²) in [6.07, 6.45) is 0.